The lowest BCUT2D eigenvalue weighted by Gasteiger charge is -2.30. The van der Waals surface area contributed by atoms with Crippen LogP contribution in [0.3, 0.4) is 0 Å². The number of nitrogens with zero attached hydrogens (tertiary/aromatic N) is 3. The van der Waals surface area contributed by atoms with E-state index in [1.165, 1.54) is 18.2 Å². The second-order valence-corrected chi connectivity index (χ2v) is 8.40. The van der Waals surface area contributed by atoms with Crippen molar-refractivity contribution < 1.29 is 14.5 Å². The van der Waals surface area contributed by atoms with Crippen molar-refractivity contribution in [3.05, 3.63) is 99.1 Å². The Morgan fingerprint density at radius 2 is 1.18 bits per heavy atom. The van der Waals surface area contributed by atoms with Crippen LogP contribution in [0.25, 0.3) is 0 Å². The Balaban J connectivity index is 1.54. The van der Waals surface area contributed by atoms with Crippen LogP contribution in [0.5, 0.6) is 0 Å². The number of hydrogen-bond donors (Lipinski definition) is 0. The normalized spacial score (nSPS) is 14.9. The molecule has 2 aliphatic heterocycles. The minimum atomic E-state index is -0.554. The molecule has 0 aliphatic carbocycles. The molecule has 0 radical (unpaired) electrons. The van der Waals surface area contributed by atoms with E-state index < -0.39 is 4.92 Å². The van der Waals surface area contributed by atoms with E-state index in [2.05, 4.69) is 0 Å². The molecule has 0 saturated heterocycles. The van der Waals surface area contributed by atoms with Crippen molar-refractivity contribution in [3.63, 3.8) is 0 Å². The van der Waals surface area contributed by atoms with Gasteiger partial charge in [-0.15, -0.1) is 0 Å². The first kappa shape index (κ1) is 20.9. The topological polar surface area (TPSA) is 83.8 Å². The Bertz CT molecular complexity index is 1180. The summed E-state index contributed by atoms with van der Waals surface area (Å²) in [6.45, 7) is 1.06. The van der Waals surface area contributed by atoms with Gasteiger partial charge in [0.05, 0.1) is 4.92 Å². The van der Waals surface area contributed by atoms with Crippen LogP contribution in [-0.4, -0.2) is 29.8 Å². The lowest BCUT2D eigenvalue weighted by Crippen LogP contribution is -2.37. The highest BCUT2D eigenvalue weighted by Crippen LogP contribution is 2.31. The zero-order valence-electron chi connectivity index (χ0n) is 18.1. The lowest BCUT2D eigenvalue weighted by molar-refractivity contribution is -0.384. The largest absolute Gasteiger partial charge is 0.308 e. The molecular formula is C26H23N3O4. The van der Waals surface area contributed by atoms with Gasteiger partial charge in [-0.05, 0) is 55.0 Å². The molecule has 0 N–H and O–H groups in total. The van der Waals surface area contributed by atoms with Crippen molar-refractivity contribution in [3.8, 4) is 0 Å². The minimum absolute atomic E-state index is 0.148. The van der Waals surface area contributed by atoms with Gasteiger partial charge in [0.2, 0.25) is 0 Å². The maximum Gasteiger partial charge on any atom is 0.271 e. The summed E-state index contributed by atoms with van der Waals surface area (Å²) in [5.41, 5.74) is 3.81. The standard InChI is InChI=1S/C26H23N3O4/c30-25(27-13-5-9-18-7-1-3-11-23(18)27)20-15-21(17-22(16-20)29(32)33)26(31)28-14-6-10-19-8-2-4-12-24(19)28/h1-4,7-8,11-12,15-17H,5-6,9-10,13-14H2. The molecule has 3 aromatic rings. The van der Waals surface area contributed by atoms with Crippen molar-refractivity contribution in [1.82, 2.24) is 0 Å². The van der Waals surface area contributed by atoms with Gasteiger partial charge < -0.3 is 9.80 Å². The highest BCUT2D eigenvalue weighted by atomic mass is 16.6. The monoisotopic (exact) mass is 441 g/mol. The van der Waals surface area contributed by atoms with Crippen LogP contribution in [0.2, 0.25) is 0 Å². The number of nitro groups is 1. The van der Waals surface area contributed by atoms with Crippen LogP contribution >= 0.6 is 0 Å². The Hall–Kier alpha value is -4.00. The molecule has 5 rings (SSSR count). The summed E-state index contributed by atoms with van der Waals surface area (Å²) in [6.07, 6.45) is 3.39. The fourth-order valence-corrected chi connectivity index (χ4v) is 4.76. The van der Waals surface area contributed by atoms with E-state index in [0.717, 1.165) is 48.2 Å². The molecule has 0 spiro atoms. The maximum atomic E-state index is 13.5. The van der Waals surface area contributed by atoms with Gasteiger partial charge in [0, 0.05) is 47.7 Å². The third-order valence-corrected chi connectivity index (χ3v) is 6.33. The minimum Gasteiger partial charge on any atom is -0.308 e. The molecule has 7 nitrogen and oxygen atoms in total. The first-order valence-corrected chi connectivity index (χ1v) is 11.1. The summed E-state index contributed by atoms with van der Waals surface area (Å²) in [4.78, 5) is 41.3. The van der Waals surface area contributed by atoms with Crippen LogP contribution in [0.15, 0.2) is 66.7 Å². The summed E-state index contributed by atoms with van der Waals surface area (Å²) in [7, 11) is 0. The zero-order chi connectivity index (χ0) is 22.9. The molecule has 33 heavy (non-hydrogen) atoms. The van der Waals surface area contributed by atoms with Crippen molar-refractivity contribution in [2.24, 2.45) is 0 Å². The number of benzene rings is 3. The Labute approximate surface area is 191 Å². The van der Waals surface area contributed by atoms with Gasteiger partial charge in [-0.1, -0.05) is 36.4 Å². The molecule has 3 aromatic carbocycles. The van der Waals surface area contributed by atoms with Gasteiger partial charge in [0.15, 0.2) is 0 Å². The van der Waals surface area contributed by atoms with Crippen molar-refractivity contribution in [2.45, 2.75) is 25.7 Å². The Kier molecular flexibility index (Phi) is 5.38. The van der Waals surface area contributed by atoms with E-state index in [-0.39, 0.29) is 28.6 Å². The Morgan fingerprint density at radius 1 is 0.727 bits per heavy atom. The number of hydrogen-bond acceptors (Lipinski definition) is 4. The molecule has 2 aliphatic rings. The average Bonchev–Trinajstić information content (AvgIpc) is 2.86. The number of nitro benzene ring substituents is 1. The van der Waals surface area contributed by atoms with Crippen LogP contribution in [-0.2, 0) is 12.8 Å². The molecule has 0 unspecified atom stereocenters. The summed E-state index contributed by atoms with van der Waals surface area (Å²) in [5.74, 6) is -0.669. The van der Waals surface area contributed by atoms with E-state index >= 15 is 0 Å². The lowest BCUT2D eigenvalue weighted by atomic mass is 9.99. The maximum absolute atomic E-state index is 13.5. The predicted octanol–water partition coefficient (Wildman–Crippen LogP) is 4.78. The van der Waals surface area contributed by atoms with Crippen LogP contribution < -0.4 is 9.80 Å². The molecule has 0 saturated carbocycles. The van der Waals surface area contributed by atoms with E-state index in [4.69, 9.17) is 0 Å². The van der Waals surface area contributed by atoms with Crippen LogP contribution in [0.4, 0.5) is 17.1 Å². The molecule has 0 aromatic heterocycles. The van der Waals surface area contributed by atoms with Gasteiger partial charge in [0.25, 0.3) is 17.5 Å². The first-order chi connectivity index (χ1) is 16.0. The summed E-state index contributed by atoms with van der Waals surface area (Å²) < 4.78 is 0. The van der Waals surface area contributed by atoms with Gasteiger partial charge in [0.1, 0.15) is 0 Å². The number of non-ortho nitro benzene ring substituents is 1. The van der Waals surface area contributed by atoms with Crippen molar-refractivity contribution >= 4 is 28.9 Å². The number of para-hydroxylation sites is 2. The second-order valence-electron chi connectivity index (χ2n) is 8.40. The molecule has 0 atom stereocenters. The second kappa shape index (κ2) is 8.50. The van der Waals surface area contributed by atoms with Crippen LogP contribution in [0, 0.1) is 10.1 Å². The van der Waals surface area contributed by atoms with Gasteiger partial charge in [-0.2, -0.15) is 0 Å². The fraction of sp³-hybridized carbons (Fsp3) is 0.231. The van der Waals surface area contributed by atoms with Crippen LogP contribution in [0.1, 0.15) is 44.7 Å². The third-order valence-electron chi connectivity index (χ3n) is 6.33. The number of aryl methyl sites for hydroxylation is 2. The van der Waals surface area contributed by atoms with E-state index in [9.17, 15) is 19.7 Å². The highest BCUT2D eigenvalue weighted by molar-refractivity contribution is 6.11. The van der Waals surface area contributed by atoms with Crippen molar-refractivity contribution in [2.75, 3.05) is 22.9 Å². The molecule has 2 heterocycles. The van der Waals surface area contributed by atoms with Gasteiger partial charge in [-0.25, -0.2) is 0 Å². The number of carbonyl (C=O) groups excluding carboxylic acids is 2. The zero-order valence-corrected chi connectivity index (χ0v) is 18.1. The molecular weight excluding hydrogens is 418 g/mol. The molecule has 0 bridgehead atoms. The fourth-order valence-electron chi connectivity index (χ4n) is 4.76. The highest BCUT2D eigenvalue weighted by Gasteiger charge is 2.28. The van der Waals surface area contributed by atoms with E-state index in [1.54, 1.807) is 9.80 Å². The van der Waals surface area contributed by atoms with E-state index in [1.807, 2.05) is 48.5 Å². The molecule has 166 valence electrons. The number of rotatable bonds is 3. The number of anilines is 2. The average molecular weight is 441 g/mol. The number of fused-ring (bicyclic) bond motifs is 2. The van der Waals surface area contributed by atoms with E-state index in [0.29, 0.717) is 13.1 Å². The predicted molar refractivity (Wildman–Crippen MR) is 126 cm³/mol. The molecule has 2 amide bonds. The Morgan fingerprint density at radius 3 is 1.64 bits per heavy atom. The van der Waals surface area contributed by atoms with Gasteiger partial charge in [-0.3, -0.25) is 19.7 Å². The van der Waals surface area contributed by atoms with Crippen molar-refractivity contribution in [1.29, 1.82) is 0 Å². The first-order valence-electron chi connectivity index (χ1n) is 11.1. The number of carbonyl (C=O) groups is 2. The van der Waals surface area contributed by atoms with Gasteiger partial charge >= 0.3 is 0 Å². The third kappa shape index (κ3) is 3.86. The quantitative estimate of drug-likeness (QED) is 0.433. The smallest absolute Gasteiger partial charge is 0.271 e. The summed E-state index contributed by atoms with van der Waals surface area (Å²) in [5, 5.41) is 11.7. The summed E-state index contributed by atoms with van der Waals surface area (Å²) in [6, 6.07) is 19.4. The summed E-state index contributed by atoms with van der Waals surface area (Å²) >= 11 is 0. The molecule has 0 fully saturated rings. The molecule has 7 heteroatoms. The number of amides is 2. The SMILES string of the molecule is O=C(c1cc(C(=O)N2CCCc3ccccc32)cc([N+](=O)[O-])c1)N1CCCc2ccccc21.